The van der Waals surface area contributed by atoms with E-state index in [0.717, 1.165) is 6.42 Å². The van der Waals surface area contributed by atoms with Crippen LogP contribution in [0.3, 0.4) is 0 Å². The molecule has 1 aliphatic heterocycles. The number of carbonyl (C=O) groups excluding carboxylic acids is 1. The molecular formula is C15H25N5O3. The Hall–Kier alpha value is -1.96. The van der Waals surface area contributed by atoms with Gasteiger partial charge in [0.05, 0.1) is 11.5 Å². The van der Waals surface area contributed by atoms with Crippen LogP contribution in [0.15, 0.2) is 0 Å². The zero-order valence-electron chi connectivity index (χ0n) is 14.2. The third-order valence-corrected chi connectivity index (χ3v) is 4.73. The molecule has 2 heterocycles. The fourth-order valence-corrected chi connectivity index (χ4v) is 3.12. The largest absolute Gasteiger partial charge is 0.342 e. The summed E-state index contributed by atoms with van der Waals surface area (Å²) in [6.45, 7) is 9.07. The molecule has 1 aromatic rings. The van der Waals surface area contributed by atoms with Gasteiger partial charge in [-0.05, 0) is 25.7 Å². The maximum absolute atomic E-state index is 12.4. The van der Waals surface area contributed by atoms with Crippen LogP contribution in [0.1, 0.15) is 38.1 Å². The first kappa shape index (κ1) is 17.4. The van der Waals surface area contributed by atoms with E-state index >= 15 is 0 Å². The Kier molecular flexibility index (Phi) is 4.74. The van der Waals surface area contributed by atoms with Crippen LogP contribution in [-0.4, -0.2) is 44.6 Å². The Morgan fingerprint density at radius 3 is 2.65 bits per heavy atom. The highest BCUT2D eigenvalue weighted by molar-refractivity contribution is 5.76. The van der Waals surface area contributed by atoms with Crippen LogP contribution in [0.4, 0.5) is 5.69 Å². The van der Waals surface area contributed by atoms with E-state index in [1.807, 2.05) is 4.90 Å². The lowest BCUT2D eigenvalue weighted by Crippen LogP contribution is -2.54. The molecule has 0 spiro atoms. The van der Waals surface area contributed by atoms with Crippen molar-refractivity contribution in [2.45, 2.75) is 53.1 Å². The summed E-state index contributed by atoms with van der Waals surface area (Å²) in [6.07, 6.45) is 1.08. The van der Waals surface area contributed by atoms with Gasteiger partial charge in [-0.15, -0.1) is 0 Å². The number of nitrogens with zero attached hydrogens (tertiary/aromatic N) is 4. The smallest absolute Gasteiger partial charge is 0.312 e. The van der Waals surface area contributed by atoms with Gasteiger partial charge in [-0.1, -0.05) is 13.8 Å². The Morgan fingerprint density at radius 2 is 2.13 bits per heavy atom. The van der Waals surface area contributed by atoms with E-state index in [4.69, 9.17) is 5.73 Å². The Bertz CT molecular complexity index is 623. The lowest BCUT2D eigenvalue weighted by atomic mass is 9.79. The lowest BCUT2D eigenvalue weighted by Gasteiger charge is -2.42. The maximum Gasteiger partial charge on any atom is 0.312 e. The molecule has 2 rings (SSSR count). The summed E-state index contributed by atoms with van der Waals surface area (Å²) in [5.74, 6) is 0.0418. The van der Waals surface area contributed by atoms with Crippen LogP contribution in [-0.2, 0) is 11.3 Å². The predicted molar refractivity (Wildman–Crippen MR) is 85.9 cm³/mol. The van der Waals surface area contributed by atoms with Crippen LogP contribution in [0, 0.1) is 29.4 Å². The number of hydrogen-bond donors (Lipinski definition) is 1. The van der Waals surface area contributed by atoms with Gasteiger partial charge in [0.15, 0.2) is 0 Å². The van der Waals surface area contributed by atoms with E-state index in [1.54, 1.807) is 18.5 Å². The summed E-state index contributed by atoms with van der Waals surface area (Å²) in [4.78, 5) is 24.8. The average Bonchev–Trinajstić information content (AvgIpc) is 2.73. The van der Waals surface area contributed by atoms with Crippen molar-refractivity contribution in [1.29, 1.82) is 0 Å². The minimum absolute atomic E-state index is 0.0301. The number of nitro groups is 1. The van der Waals surface area contributed by atoms with Crippen LogP contribution >= 0.6 is 0 Å². The summed E-state index contributed by atoms with van der Waals surface area (Å²) >= 11 is 0. The van der Waals surface area contributed by atoms with Gasteiger partial charge in [-0.3, -0.25) is 19.6 Å². The molecule has 8 heteroatoms. The molecule has 0 radical (unpaired) electrons. The topological polar surface area (TPSA) is 107 Å². The summed E-state index contributed by atoms with van der Waals surface area (Å²) in [6, 6.07) is 0.102. The molecule has 0 aliphatic carbocycles. The summed E-state index contributed by atoms with van der Waals surface area (Å²) in [5.41, 5.74) is 6.90. The number of aromatic nitrogens is 2. The highest BCUT2D eigenvalue weighted by atomic mass is 16.6. The summed E-state index contributed by atoms with van der Waals surface area (Å²) in [5, 5.41) is 15.2. The van der Waals surface area contributed by atoms with E-state index in [9.17, 15) is 14.9 Å². The molecule has 1 unspecified atom stereocenters. The van der Waals surface area contributed by atoms with Crippen molar-refractivity contribution < 1.29 is 9.72 Å². The van der Waals surface area contributed by atoms with Crippen molar-refractivity contribution in [3.63, 3.8) is 0 Å². The Balaban J connectivity index is 2.00. The average molecular weight is 323 g/mol. The van der Waals surface area contributed by atoms with Gasteiger partial charge >= 0.3 is 5.69 Å². The van der Waals surface area contributed by atoms with E-state index in [0.29, 0.717) is 31.0 Å². The second-order valence-electron chi connectivity index (χ2n) is 6.95. The molecule has 128 valence electrons. The van der Waals surface area contributed by atoms with Crippen LogP contribution in [0.25, 0.3) is 0 Å². The molecule has 0 bridgehead atoms. The third kappa shape index (κ3) is 3.52. The van der Waals surface area contributed by atoms with E-state index in [1.165, 1.54) is 0 Å². The zero-order chi connectivity index (χ0) is 17.4. The number of hydrogen-bond acceptors (Lipinski definition) is 5. The molecule has 0 aromatic carbocycles. The molecule has 1 amide bonds. The Morgan fingerprint density at radius 1 is 1.48 bits per heavy atom. The van der Waals surface area contributed by atoms with Crippen molar-refractivity contribution in [3.8, 4) is 0 Å². The minimum atomic E-state index is -0.426. The zero-order valence-corrected chi connectivity index (χ0v) is 14.2. The molecule has 2 N–H and O–H groups in total. The molecule has 0 saturated carbocycles. The number of piperidine rings is 1. The van der Waals surface area contributed by atoms with Crippen molar-refractivity contribution in [1.82, 2.24) is 14.7 Å². The summed E-state index contributed by atoms with van der Waals surface area (Å²) in [7, 11) is 0. The first-order chi connectivity index (χ1) is 10.6. The SMILES string of the molecule is Cc1nn(CCC(=O)N2CCC(N)C(C)(C)C2)c(C)c1[N+](=O)[O-]. The highest BCUT2D eigenvalue weighted by Crippen LogP contribution is 2.28. The van der Waals surface area contributed by atoms with Crippen LogP contribution in [0.5, 0.6) is 0 Å². The molecule has 8 nitrogen and oxygen atoms in total. The number of likely N-dealkylation sites (tertiary alicyclic amines) is 1. The molecule has 1 saturated heterocycles. The maximum atomic E-state index is 12.4. The van der Waals surface area contributed by atoms with Gasteiger partial charge < -0.3 is 10.6 Å². The van der Waals surface area contributed by atoms with E-state index in [-0.39, 0.29) is 29.5 Å². The monoisotopic (exact) mass is 323 g/mol. The molecule has 1 aromatic heterocycles. The lowest BCUT2D eigenvalue weighted by molar-refractivity contribution is -0.386. The number of rotatable bonds is 4. The van der Waals surface area contributed by atoms with Crippen molar-refractivity contribution in [3.05, 3.63) is 21.5 Å². The highest BCUT2D eigenvalue weighted by Gasteiger charge is 2.35. The Labute approximate surface area is 135 Å². The third-order valence-electron chi connectivity index (χ3n) is 4.73. The van der Waals surface area contributed by atoms with Gasteiger partial charge in [0.25, 0.3) is 0 Å². The normalized spacial score (nSPS) is 20.6. The number of nitrogens with two attached hydrogens (primary N) is 1. The second-order valence-corrected chi connectivity index (χ2v) is 6.95. The fraction of sp³-hybridized carbons (Fsp3) is 0.733. The van der Waals surface area contributed by atoms with Crippen molar-refractivity contribution in [2.24, 2.45) is 11.1 Å². The first-order valence-electron chi connectivity index (χ1n) is 7.85. The van der Waals surface area contributed by atoms with Gasteiger partial charge in [0, 0.05) is 25.6 Å². The van der Waals surface area contributed by atoms with Gasteiger partial charge in [-0.2, -0.15) is 5.10 Å². The van der Waals surface area contributed by atoms with E-state index < -0.39 is 4.92 Å². The molecule has 1 aliphatic rings. The standard InChI is InChI=1S/C15H25N5O3/c1-10-14(20(22)23)11(2)19(17-10)8-6-13(21)18-7-5-12(16)15(3,4)9-18/h12H,5-9,16H2,1-4H3. The molecule has 1 atom stereocenters. The van der Waals surface area contributed by atoms with Gasteiger partial charge in [-0.25, -0.2) is 0 Å². The van der Waals surface area contributed by atoms with Gasteiger partial charge in [0.2, 0.25) is 5.91 Å². The quantitative estimate of drug-likeness (QED) is 0.665. The van der Waals surface area contributed by atoms with Crippen molar-refractivity contribution in [2.75, 3.05) is 13.1 Å². The minimum Gasteiger partial charge on any atom is -0.342 e. The second kappa shape index (κ2) is 6.27. The number of amides is 1. The number of carbonyl (C=O) groups is 1. The molecule has 23 heavy (non-hydrogen) atoms. The van der Waals surface area contributed by atoms with E-state index in [2.05, 4.69) is 18.9 Å². The summed E-state index contributed by atoms with van der Waals surface area (Å²) < 4.78 is 1.55. The first-order valence-corrected chi connectivity index (χ1v) is 7.85. The van der Waals surface area contributed by atoms with Crippen LogP contribution < -0.4 is 5.73 Å². The fourth-order valence-electron chi connectivity index (χ4n) is 3.12. The van der Waals surface area contributed by atoms with Gasteiger partial charge in [0.1, 0.15) is 11.4 Å². The molecular weight excluding hydrogens is 298 g/mol. The van der Waals surface area contributed by atoms with Crippen LogP contribution in [0.2, 0.25) is 0 Å². The predicted octanol–water partition coefficient (Wildman–Crippen LogP) is 1.38. The molecule has 1 fully saturated rings. The van der Waals surface area contributed by atoms with Crippen molar-refractivity contribution >= 4 is 11.6 Å². The number of aryl methyl sites for hydroxylation is 2.